The highest BCUT2D eigenvalue weighted by Crippen LogP contribution is 2.23. The zero-order valence-electron chi connectivity index (χ0n) is 18.7. The van der Waals surface area contributed by atoms with Crippen LogP contribution in [0.5, 0.6) is 0 Å². The fourth-order valence-corrected chi connectivity index (χ4v) is 4.77. The van der Waals surface area contributed by atoms with Gasteiger partial charge in [-0.2, -0.15) is 0 Å². The third-order valence-electron chi connectivity index (χ3n) is 6.66. The molecule has 6 nitrogen and oxygen atoms in total. The Morgan fingerprint density at radius 1 is 0.903 bits per heavy atom. The molecule has 31 heavy (non-hydrogen) atoms. The molecular weight excluding hydrogens is 386 g/mol. The Labute approximate surface area is 186 Å². The van der Waals surface area contributed by atoms with E-state index in [9.17, 15) is 4.79 Å². The molecule has 0 radical (unpaired) electrons. The van der Waals surface area contributed by atoms with Gasteiger partial charge in [-0.1, -0.05) is 50.1 Å². The molecule has 4 rings (SSSR count). The van der Waals surface area contributed by atoms with E-state index in [1.165, 1.54) is 25.7 Å². The number of nitrogens with one attached hydrogen (secondary N) is 1. The number of amides is 1. The summed E-state index contributed by atoms with van der Waals surface area (Å²) in [6.45, 7) is 6.03. The topological polar surface area (TPSA) is 61.4 Å². The van der Waals surface area contributed by atoms with Crippen LogP contribution in [0.1, 0.15) is 63.4 Å². The molecule has 0 spiro atoms. The lowest BCUT2D eigenvalue weighted by Crippen LogP contribution is -2.46. The second-order valence-electron chi connectivity index (χ2n) is 8.79. The molecule has 1 amide bonds. The van der Waals surface area contributed by atoms with Gasteiger partial charge in [-0.15, -0.1) is 10.2 Å². The third kappa shape index (κ3) is 5.54. The number of piperidine rings is 1. The van der Waals surface area contributed by atoms with Gasteiger partial charge in [0.2, 0.25) is 5.91 Å². The van der Waals surface area contributed by atoms with E-state index in [0.717, 1.165) is 62.6 Å². The maximum Gasteiger partial charge on any atom is 0.227 e. The minimum absolute atomic E-state index is 0.0726. The van der Waals surface area contributed by atoms with E-state index in [2.05, 4.69) is 44.4 Å². The summed E-state index contributed by atoms with van der Waals surface area (Å²) in [5, 5.41) is 12.3. The molecule has 0 saturated carbocycles. The van der Waals surface area contributed by atoms with Gasteiger partial charge in [0.15, 0.2) is 11.6 Å². The smallest absolute Gasteiger partial charge is 0.227 e. The van der Waals surface area contributed by atoms with Crippen molar-refractivity contribution in [2.45, 2.75) is 63.8 Å². The van der Waals surface area contributed by atoms with Crippen LogP contribution in [0.15, 0.2) is 42.5 Å². The number of hydrogen-bond acceptors (Lipinski definition) is 5. The summed E-state index contributed by atoms with van der Waals surface area (Å²) in [4.78, 5) is 17.5. The highest BCUT2D eigenvalue weighted by molar-refractivity contribution is 5.83. The molecule has 1 aromatic carbocycles. The lowest BCUT2D eigenvalue weighted by Gasteiger charge is -2.33. The number of carbonyl (C=O) groups excluding carboxylic acids is 1. The molecule has 3 heterocycles. The standard InChI is InChI=1S/C25H35N5O/c1-2-22(20-10-6-5-7-11-20)25(31)26-21-14-18-30(19-15-21)24-13-12-23(27-28-24)29-16-8-3-4-9-17-29/h5-7,10-13,21-22H,2-4,8-9,14-19H2,1H3,(H,26,31). The van der Waals surface area contributed by atoms with Gasteiger partial charge < -0.3 is 15.1 Å². The van der Waals surface area contributed by atoms with Crippen LogP contribution in [0.4, 0.5) is 11.6 Å². The Kier molecular flexibility index (Phi) is 7.39. The van der Waals surface area contributed by atoms with Crippen LogP contribution < -0.4 is 15.1 Å². The van der Waals surface area contributed by atoms with E-state index in [4.69, 9.17) is 0 Å². The fourth-order valence-electron chi connectivity index (χ4n) is 4.77. The van der Waals surface area contributed by atoms with Crippen LogP contribution in [0, 0.1) is 0 Å². The summed E-state index contributed by atoms with van der Waals surface area (Å²) < 4.78 is 0. The highest BCUT2D eigenvalue weighted by Gasteiger charge is 2.25. The second kappa shape index (κ2) is 10.6. The molecule has 0 aliphatic carbocycles. The van der Waals surface area contributed by atoms with Crippen molar-refractivity contribution in [3.05, 3.63) is 48.0 Å². The Balaban J connectivity index is 1.29. The van der Waals surface area contributed by atoms with Gasteiger partial charge in [0, 0.05) is 32.2 Å². The van der Waals surface area contributed by atoms with Crippen molar-refractivity contribution < 1.29 is 4.79 Å². The van der Waals surface area contributed by atoms with E-state index in [1.807, 2.05) is 30.3 Å². The average Bonchev–Trinajstić information content (AvgIpc) is 3.11. The normalized spacial score (nSPS) is 19.0. The minimum atomic E-state index is -0.0726. The Bertz CT molecular complexity index is 810. The molecule has 2 fully saturated rings. The first-order valence-electron chi connectivity index (χ1n) is 11.9. The van der Waals surface area contributed by atoms with Crippen molar-refractivity contribution in [1.29, 1.82) is 0 Å². The predicted molar refractivity (Wildman–Crippen MR) is 126 cm³/mol. The molecule has 1 aromatic heterocycles. The quantitative estimate of drug-likeness (QED) is 0.760. The minimum Gasteiger partial charge on any atom is -0.355 e. The van der Waals surface area contributed by atoms with Gasteiger partial charge in [-0.3, -0.25) is 4.79 Å². The Hall–Kier alpha value is -2.63. The second-order valence-corrected chi connectivity index (χ2v) is 8.79. The van der Waals surface area contributed by atoms with E-state index < -0.39 is 0 Å². The van der Waals surface area contributed by atoms with E-state index in [1.54, 1.807) is 0 Å². The van der Waals surface area contributed by atoms with Gasteiger partial charge in [-0.25, -0.2) is 0 Å². The van der Waals surface area contributed by atoms with Crippen LogP contribution in [0.2, 0.25) is 0 Å². The van der Waals surface area contributed by atoms with Crippen molar-refractivity contribution in [2.24, 2.45) is 0 Å². The van der Waals surface area contributed by atoms with E-state index in [0.29, 0.717) is 0 Å². The number of carbonyl (C=O) groups is 1. The number of anilines is 2. The molecule has 0 bridgehead atoms. The largest absolute Gasteiger partial charge is 0.355 e. The van der Waals surface area contributed by atoms with E-state index in [-0.39, 0.29) is 17.9 Å². The lowest BCUT2D eigenvalue weighted by atomic mass is 9.94. The van der Waals surface area contributed by atoms with Crippen molar-refractivity contribution in [3.63, 3.8) is 0 Å². The third-order valence-corrected chi connectivity index (χ3v) is 6.66. The molecule has 1 N–H and O–H groups in total. The van der Waals surface area contributed by atoms with Gasteiger partial charge >= 0.3 is 0 Å². The predicted octanol–water partition coefficient (Wildman–Crippen LogP) is 4.14. The molecular formula is C25H35N5O. The molecule has 2 saturated heterocycles. The van der Waals surface area contributed by atoms with Gasteiger partial charge in [0.25, 0.3) is 0 Å². The molecule has 2 aromatic rings. The summed E-state index contributed by atoms with van der Waals surface area (Å²) in [6, 6.07) is 14.5. The number of rotatable bonds is 6. The Morgan fingerprint density at radius 3 is 2.03 bits per heavy atom. The maximum absolute atomic E-state index is 12.9. The number of benzene rings is 1. The molecule has 2 aliphatic rings. The van der Waals surface area contributed by atoms with Crippen molar-refractivity contribution in [2.75, 3.05) is 36.0 Å². The first-order chi connectivity index (χ1) is 15.2. The molecule has 1 unspecified atom stereocenters. The van der Waals surface area contributed by atoms with Crippen LogP contribution in [-0.2, 0) is 4.79 Å². The van der Waals surface area contributed by atoms with Crippen LogP contribution in [0.3, 0.4) is 0 Å². The van der Waals surface area contributed by atoms with Crippen LogP contribution in [-0.4, -0.2) is 48.3 Å². The fraction of sp³-hybridized carbons (Fsp3) is 0.560. The van der Waals surface area contributed by atoms with Gasteiger partial charge in [0.1, 0.15) is 0 Å². The maximum atomic E-state index is 12.9. The first-order valence-corrected chi connectivity index (χ1v) is 11.9. The molecule has 166 valence electrons. The summed E-state index contributed by atoms with van der Waals surface area (Å²) >= 11 is 0. The van der Waals surface area contributed by atoms with Crippen LogP contribution in [0.25, 0.3) is 0 Å². The zero-order chi connectivity index (χ0) is 21.5. The van der Waals surface area contributed by atoms with Crippen LogP contribution >= 0.6 is 0 Å². The Morgan fingerprint density at radius 2 is 1.48 bits per heavy atom. The summed E-state index contributed by atoms with van der Waals surface area (Å²) in [6.07, 6.45) is 7.81. The highest BCUT2D eigenvalue weighted by atomic mass is 16.1. The first kappa shape index (κ1) is 21.6. The van der Waals surface area contributed by atoms with Crippen molar-refractivity contribution >= 4 is 17.5 Å². The average molecular weight is 422 g/mol. The lowest BCUT2D eigenvalue weighted by molar-refractivity contribution is -0.123. The van der Waals surface area contributed by atoms with Gasteiger partial charge in [-0.05, 0) is 49.8 Å². The summed E-state index contributed by atoms with van der Waals surface area (Å²) in [5.74, 6) is 2.02. The number of nitrogens with zero attached hydrogens (tertiary/aromatic N) is 4. The van der Waals surface area contributed by atoms with Crippen molar-refractivity contribution in [1.82, 2.24) is 15.5 Å². The SMILES string of the molecule is CCC(C(=O)NC1CCN(c2ccc(N3CCCCCC3)nn2)CC1)c1ccccc1. The molecule has 2 aliphatic heterocycles. The number of aromatic nitrogens is 2. The zero-order valence-corrected chi connectivity index (χ0v) is 18.7. The summed E-state index contributed by atoms with van der Waals surface area (Å²) in [7, 11) is 0. The molecule has 1 atom stereocenters. The van der Waals surface area contributed by atoms with E-state index >= 15 is 0 Å². The molecule has 6 heteroatoms. The number of hydrogen-bond donors (Lipinski definition) is 1. The van der Waals surface area contributed by atoms with Gasteiger partial charge in [0.05, 0.1) is 5.92 Å². The van der Waals surface area contributed by atoms with Crippen molar-refractivity contribution in [3.8, 4) is 0 Å². The monoisotopic (exact) mass is 421 g/mol. The summed E-state index contributed by atoms with van der Waals surface area (Å²) in [5.41, 5.74) is 1.10.